The second kappa shape index (κ2) is 8.41. The highest BCUT2D eigenvalue weighted by atomic mass is 19.1. The molecule has 0 radical (unpaired) electrons. The minimum Gasteiger partial charge on any atom is -0.464 e. The van der Waals surface area contributed by atoms with Crippen molar-refractivity contribution in [2.75, 3.05) is 7.11 Å². The molecule has 0 fully saturated rings. The Kier molecular flexibility index (Phi) is 6.06. The SMILES string of the molecule is COC(=O)c1ncnc(C(=O)N[C@H]2CCc3c2ccc(C(=O)OC(C)(C)C)c3C)c1F. The number of esters is 2. The molecule has 0 saturated heterocycles. The fourth-order valence-corrected chi connectivity index (χ4v) is 3.58. The zero-order chi connectivity index (χ0) is 22.9. The van der Waals surface area contributed by atoms with Gasteiger partial charge < -0.3 is 14.8 Å². The molecule has 1 aromatic carbocycles. The molecular formula is C22H24FN3O5. The van der Waals surface area contributed by atoms with Crippen molar-refractivity contribution in [3.05, 3.63) is 57.9 Å². The smallest absolute Gasteiger partial charge is 0.359 e. The van der Waals surface area contributed by atoms with Gasteiger partial charge in [0, 0.05) is 0 Å². The van der Waals surface area contributed by atoms with E-state index in [1.54, 1.807) is 32.9 Å². The molecule has 1 heterocycles. The third-order valence-corrected chi connectivity index (χ3v) is 5.00. The van der Waals surface area contributed by atoms with Gasteiger partial charge in [0.15, 0.2) is 17.2 Å². The molecule has 1 aromatic heterocycles. The molecular weight excluding hydrogens is 405 g/mol. The lowest BCUT2D eigenvalue weighted by atomic mass is 9.97. The summed E-state index contributed by atoms with van der Waals surface area (Å²) in [4.78, 5) is 44.0. The summed E-state index contributed by atoms with van der Waals surface area (Å²) in [5.74, 6) is -3.30. The fraction of sp³-hybridized carbons (Fsp3) is 0.409. The van der Waals surface area contributed by atoms with E-state index >= 15 is 0 Å². The monoisotopic (exact) mass is 429 g/mol. The average molecular weight is 429 g/mol. The molecule has 0 unspecified atom stereocenters. The molecule has 0 bridgehead atoms. The maximum Gasteiger partial charge on any atom is 0.359 e. The van der Waals surface area contributed by atoms with Crippen LogP contribution >= 0.6 is 0 Å². The Morgan fingerprint density at radius 1 is 1.13 bits per heavy atom. The van der Waals surface area contributed by atoms with Crippen LogP contribution in [0.15, 0.2) is 18.5 Å². The van der Waals surface area contributed by atoms with Crippen LogP contribution in [-0.2, 0) is 15.9 Å². The van der Waals surface area contributed by atoms with Crippen LogP contribution in [0.5, 0.6) is 0 Å². The van der Waals surface area contributed by atoms with Gasteiger partial charge in [-0.1, -0.05) is 6.07 Å². The Morgan fingerprint density at radius 3 is 2.45 bits per heavy atom. The summed E-state index contributed by atoms with van der Waals surface area (Å²) in [5.41, 5.74) is 1.32. The van der Waals surface area contributed by atoms with E-state index in [0.29, 0.717) is 18.4 Å². The van der Waals surface area contributed by atoms with Crippen LogP contribution in [0, 0.1) is 12.7 Å². The molecule has 31 heavy (non-hydrogen) atoms. The van der Waals surface area contributed by atoms with E-state index in [4.69, 9.17) is 4.74 Å². The third kappa shape index (κ3) is 4.55. The molecule has 0 spiro atoms. The highest BCUT2D eigenvalue weighted by molar-refractivity contribution is 5.96. The number of halogens is 1. The number of nitrogens with zero attached hydrogens (tertiary/aromatic N) is 2. The summed E-state index contributed by atoms with van der Waals surface area (Å²) < 4.78 is 24.5. The minimum absolute atomic E-state index is 0.384. The van der Waals surface area contributed by atoms with E-state index in [9.17, 15) is 18.8 Å². The Balaban J connectivity index is 1.83. The van der Waals surface area contributed by atoms with Gasteiger partial charge in [0.25, 0.3) is 5.91 Å². The van der Waals surface area contributed by atoms with Gasteiger partial charge in [0.1, 0.15) is 11.9 Å². The van der Waals surface area contributed by atoms with Gasteiger partial charge in [-0.15, -0.1) is 0 Å². The summed E-state index contributed by atoms with van der Waals surface area (Å²) in [6.45, 7) is 7.25. The maximum absolute atomic E-state index is 14.5. The molecule has 164 valence electrons. The lowest BCUT2D eigenvalue weighted by Gasteiger charge is -2.21. The van der Waals surface area contributed by atoms with Gasteiger partial charge in [-0.05, 0) is 63.3 Å². The van der Waals surface area contributed by atoms with Crippen LogP contribution in [0.2, 0.25) is 0 Å². The third-order valence-electron chi connectivity index (χ3n) is 5.00. The Hall–Kier alpha value is -3.36. The zero-order valence-corrected chi connectivity index (χ0v) is 18.0. The van der Waals surface area contributed by atoms with Crippen molar-refractivity contribution in [3.63, 3.8) is 0 Å². The Labute approximate surface area is 179 Å². The number of aromatic nitrogens is 2. The first-order chi connectivity index (χ1) is 14.5. The number of hydrogen-bond donors (Lipinski definition) is 1. The van der Waals surface area contributed by atoms with E-state index in [-0.39, 0.29) is 6.04 Å². The zero-order valence-electron chi connectivity index (χ0n) is 18.0. The summed E-state index contributed by atoms with van der Waals surface area (Å²) in [6.07, 6.45) is 2.16. The number of nitrogens with one attached hydrogen (secondary N) is 1. The predicted molar refractivity (Wildman–Crippen MR) is 108 cm³/mol. The standard InChI is InChI=1S/C22H24FN3O5/c1-11-12-8-9-15(14(12)7-6-13(11)20(28)31-22(2,3)4)26-19(27)17-16(23)18(21(29)30-5)25-10-24-17/h6-7,10,15H,8-9H2,1-5H3,(H,26,27)/t15-/m0/s1. The Bertz CT molecular complexity index is 1060. The van der Waals surface area contributed by atoms with Gasteiger partial charge in [0.05, 0.1) is 18.7 Å². The first-order valence-corrected chi connectivity index (χ1v) is 9.79. The molecule has 1 aliphatic rings. The van der Waals surface area contributed by atoms with Gasteiger partial charge in [0.2, 0.25) is 0 Å². The fourth-order valence-electron chi connectivity index (χ4n) is 3.58. The number of ether oxygens (including phenoxy) is 2. The molecule has 0 aliphatic heterocycles. The number of benzene rings is 1. The van der Waals surface area contributed by atoms with Gasteiger partial charge in [-0.3, -0.25) is 4.79 Å². The normalized spacial score (nSPS) is 15.2. The van der Waals surface area contributed by atoms with E-state index in [2.05, 4.69) is 20.0 Å². The van der Waals surface area contributed by atoms with Crippen LogP contribution in [0.4, 0.5) is 4.39 Å². The first kappa shape index (κ1) is 22.3. The van der Waals surface area contributed by atoms with Crippen LogP contribution in [0.3, 0.4) is 0 Å². The van der Waals surface area contributed by atoms with Gasteiger partial charge >= 0.3 is 11.9 Å². The van der Waals surface area contributed by atoms with Crippen molar-refractivity contribution in [2.45, 2.75) is 52.2 Å². The second-order valence-corrected chi connectivity index (χ2v) is 8.25. The molecule has 8 nitrogen and oxygen atoms in total. The highest BCUT2D eigenvalue weighted by Crippen LogP contribution is 2.35. The van der Waals surface area contributed by atoms with Gasteiger partial charge in [-0.25, -0.2) is 23.9 Å². The van der Waals surface area contributed by atoms with E-state index in [0.717, 1.165) is 30.1 Å². The summed E-state index contributed by atoms with van der Waals surface area (Å²) >= 11 is 0. The molecule has 9 heteroatoms. The van der Waals surface area contributed by atoms with E-state index < -0.39 is 40.7 Å². The van der Waals surface area contributed by atoms with Crippen LogP contribution < -0.4 is 5.32 Å². The molecule has 1 aliphatic carbocycles. The summed E-state index contributed by atoms with van der Waals surface area (Å²) in [6, 6.07) is 3.06. The molecule has 1 N–H and O–H groups in total. The molecule has 0 saturated carbocycles. The molecule has 2 aromatic rings. The van der Waals surface area contributed by atoms with E-state index in [1.807, 2.05) is 6.92 Å². The van der Waals surface area contributed by atoms with Crippen molar-refractivity contribution in [2.24, 2.45) is 0 Å². The van der Waals surface area contributed by atoms with Crippen molar-refractivity contribution >= 4 is 17.8 Å². The molecule has 3 rings (SSSR count). The predicted octanol–water partition coefficient (Wildman–Crippen LogP) is 3.08. The van der Waals surface area contributed by atoms with Crippen LogP contribution in [-0.4, -0.2) is 40.5 Å². The lowest BCUT2D eigenvalue weighted by molar-refractivity contribution is 0.00682. The second-order valence-electron chi connectivity index (χ2n) is 8.25. The lowest BCUT2D eigenvalue weighted by Crippen LogP contribution is -2.30. The van der Waals surface area contributed by atoms with Crippen LogP contribution in [0.1, 0.15) is 81.3 Å². The number of rotatable bonds is 4. The Morgan fingerprint density at radius 2 is 1.81 bits per heavy atom. The number of carbonyl (C=O) groups is 3. The van der Waals surface area contributed by atoms with Crippen molar-refractivity contribution < 1.29 is 28.2 Å². The molecule has 1 amide bonds. The number of amides is 1. The summed E-state index contributed by atoms with van der Waals surface area (Å²) in [7, 11) is 1.09. The van der Waals surface area contributed by atoms with Gasteiger partial charge in [-0.2, -0.15) is 0 Å². The highest BCUT2D eigenvalue weighted by Gasteiger charge is 2.30. The first-order valence-electron chi connectivity index (χ1n) is 9.79. The maximum atomic E-state index is 14.5. The summed E-state index contributed by atoms with van der Waals surface area (Å²) in [5, 5.41) is 2.75. The topological polar surface area (TPSA) is 107 Å². The molecule has 1 atom stereocenters. The van der Waals surface area contributed by atoms with Crippen molar-refractivity contribution in [1.82, 2.24) is 15.3 Å². The quantitative estimate of drug-likeness (QED) is 0.744. The van der Waals surface area contributed by atoms with Crippen molar-refractivity contribution in [3.8, 4) is 0 Å². The minimum atomic E-state index is -1.14. The van der Waals surface area contributed by atoms with Crippen LogP contribution in [0.25, 0.3) is 0 Å². The van der Waals surface area contributed by atoms with E-state index in [1.165, 1.54) is 0 Å². The number of carbonyl (C=O) groups excluding carboxylic acids is 3. The largest absolute Gasteiger partial charge is 0.464 e. The number of hydrogen-bond acceptors (Lipinski definition) is 7. The van der Waals surface area contributed by atoms with Crippen molar-refractivity contribution in [1.29, 1.82) is 0 Å². The number of fused-ring (bicyclic) bond motifs is 1. The number of methoxy groups -OCH3 is 1. The average Bonchev–Trinajstić information content (AvgIpc) is 3.10.